The minimum atomic E-state index is -4.76. The van der Waals surface area contributed by atoms with E-state index in [1.54, 1.807) is 37.4 Å². The number of ether oxygens (including phenoxy) is 1. The number of carbonyl (C=O) groups is 1. The summed E-state index contributed by atoms with van der Waals surface area (Å²) in [5, 5.41) is 12.6. The number of nitrogens with zero attached hydrogens (tertiary/aromatic N) is 1. The standard InChI is InChI=1S/C23H20F3N3O4/c1-13-17(10-18(20(30)29-13)22(7-8-22)21(31)32)15-5-6-19(28-12-15)27-11-14-3-2-4-16(9-14)33-23(24,25)26/h2-6,9-10,12H,7-8,11H2,1H3,(H,27,28)(H,29,30)(H,31,32). The number of hydrogen-bond donors (Lipinski definition) is 3. The van der Waals surface area contributed by atoms with Gasteiger partial charge in [-0.1, -0.05) is 12.1 Å². The highest BCUT2D eigenvalue weighted by Gasteiger charge is 2.53. The molecule has 7 nitrogen and oxygen atoms in total. The second kappa shape index (κ2) is 8.27. The summed E-state index contributed by atoms with van der Waals surface area (Å²) in [6, 6.07) is 10.7. The van der Waals surface area contributed by atoms with E-state index in [-0.39, 0.29) is 17.9 Å². The number of H-pyrrole nitrogens is 1. The van der Waals surface area contributed by atoms with Gasteiger partial charge in [0, 0.05) is 35.1 Å². The number of aromatic nitrogens is 2. The van der Waals surface area contributed by atoms with Crippen LogP contribution in [0.3, 0.4) is 0 Å². The molecular formula is C23H20F3N3O4. The van der Waals surface area contributed by atoms with Gasteiger partial charge in [0.15, 0.2) is 0 Å². The van der Waals surface area contributed by atoms with Crippen molar-refractivity contribution in [1.29, 1.82) is 0 Å². The lowest BCUT2D eigenvalue weighted by atomic mass is 9.94. The molecule has 2 aromatic heterocycles. The highest BCUT2D eigenvalue weighted by Crippen LogP contribution is 2.47. The first kappa shape index (κ1) is 22.4. The van der Waals surface area contributed by atoms with Crippen LogP contribution in [-0.2, 0) is 16.8 Å². The Hall–Kier alpha value is -3.82. The molecule has 0 amide bonds. The molecule has 0 atom stereocenters. The fourth-order valence-electron chi connectivity index (χ4n) is 3.70. The van der Waals surface area contributed by atoms with Crippen LogP contribution in [0.4, 0.5) is 19.0 Å². The topological polar surface area (TPSA) is 104 Å². The molecular weight excluding hydrogens is 439 g/mol. The van der Waals surface area contributed by atoms with Gasteiger partial charge in [-0.15, -0.1) is 13.2 Å². The van der Waals surface area contributed by atoms with E-state index < -0.39 is 23.3 Å². The SMILES string of the molecule is Cc1[nH]c(=O)c(C2(C(=O)O)CC2)cc1-c1ccc(NCc2cccc(OC(F)(F)F)c2)nc1. The first-order valence-corrected chi connectivity index (χ1v) is 10.1. The summed E-state index contributed by atoms with van der Waals surface area (Å²) in [5.74, 6) is -0.818. The maximum Gasteiger partial charge on any atom is 0.573 e. The highest BCUT2D eigenvalue weighted by atomic mass is 19.4. The number of halogens is 3. The van der Waals surface area contributed by atoms with Gasteiger partial charge in [-0.2, -0.15) is 0 Å². The molecule has 10 heteroatoms. The Morgan fingerprint density at radius 2 is 2.00 bits per heavy atom. The summed E-state index contributed by atoms with van der Waals surface area (Å²) in [6.07, 6.45) is -2.34. The number of carboxylic acid groups (broad SMARTS) is 1. The van der Waals surface area contributed by atoms with Crippen LogP contribution in [0.15, 0.2) is 53.5 Å². The zero-order chi connectivity index (χ0) is 23.8. The quantitative estimate of drug-likeness (QED) is 0.485. The van der Waals surface area contributed by atoms with Crippen molar-refractivity contribution in [3.05, 3.63) is 75.8 Å². The van der Waals surface area contributed by atoms with E-state index >= 15 is 0 Å². The van der Waals surface area contributed by atoms with Crippen LogP contribution in [0.5, 0.6) is 5.75 Å². The minimum Gasteiger partial charge on any atom is -0.481 e. The number of benzene rings is 1. The summed E-state index contributed by atoms with van der Waals surface area (Å²) in [7, 11) is 0. The summed E-state index contributed by atoms with van der Waals surface area (Å²) in [6.45, 7) is 1.95. The molecule has 0 spiro atoms. The molecule has 33 heavy (non-hydrogen) atoms. The molecule has 0 aliphatic heterocycles. The molecule has 0 saturated heterocycles. The first-order valence-electron chi connectivity index (χ1n) is 10.1. The van der Waals surface area contributed by atoms with Crippen molar-refractivity contribution in [1.82, 2.24) is 9.97 Å². The molecule has 1 aliphatic carbocycles. The molecule has 0 unspecified atom stereocenters. The number of hydrogen-bond acceptors (Lipinski definition) is 5. The van der Waals surface area contributed by atoms with Crippen LogP contribution in [0.25, 0.3) is 11.1 Å². The van der Waals surface area contributed by atoms with Gasteiger partial charge in [0.25, 0.3) is 5.56 Å². The maximum atomic E-state index is 12.4. The van der Waals surface area contributed by atoms with Crippen LogP contribution in [-0.4, -0.2) is 27.4 Å². The predicted molar refractivity (Wildman–Crippen MR) is 114 cm³/mol. The number of rotatable bonds is 7. The Balaban J connectivity index is 1.50. The van der Waals surface area contributed by atoms with Crippen molar-refractivity contribution in [3.8, 4) is 16.9 Å². The summed E-state index contributed by atoms with van der Waals surface area (Å²) < 4.78 is 41.1. The van der Waals surface area contributed by atoms with Gasteiger partial charge in [-0.3, -0.25) is 9.59 Å². The Kier molecular flexibility index (Phi) is 5.61. The van der Waals surface area contributed by atoms with Crippen molar-refractivity contribution >= 4 is 11.8 Å². The van der Waals surface area contributed by atoms with Gasteiger partial charge in [-0.05, 0) is 55.7 Å². The van der Waals surface area contributed by atoms with Gasteiger partial charge < -0.3 is 20.1 Å². The van der Waals surface area contributed by atoms with E-state index in [9.17, 15) is 27.9 Å². The lowest BCUT2D eigenvalue weighted by Gasteiger charge is -2.14. The monoisotopic (exact) mass is 459 g/mol. The molecule has 172 valence electrons. The highest BCUT2D eigenvalue weighted by molar-refractivity contribution is 5.85. The fourth-order valence-corrected chi connectivity index (χ4v) is 3.70. The largest absolute Gasteiger partial charge is 0.573 e. The van der Waals surface area contributed by atoms with E-state index in [1.165, 1.54) is 18.2 Å². The second-order valence-corrected chi connectivity index (χ2v) is 7.92. The first-order chi connectivity index (χ1) is 15.6. The third-order valence-electron chi connectivity index (χ3n) is 5.59. The third-order valence-corrected chi connectivity index (χ3v) is 5.59. The maximum absolute atomic E-state index is 12.4. The second-order valence-electron chi connectivity index (χ2n) is 7.92. The number of nitrogens with one attached hydrogen (secondary N) is 2. The van der Waals surface area contributed by atoms with Crippen molar-refractivity contribution in [2.45, 2.75) is 38.1 Å². The van der Waals surface area contributed by atoms with Gasteiger partial charge in [0.2, 0.25) is 0 Å². The van der Waals surface area contributed by atoms with Crippen molar-refractivity contribution in [2.24, 2.45) is 0 Å². The normalized spacial score (nSPS) is 14.5. The van der Waals surface area contributed by atoms with Crippen molar-refractivity contribution in [2.75, 3.05) is 5.32 Å². The number of aryl methyl sites for hydroxylation is 1. The van der Waals surface area contributed by atoms with E-state index in [4.69, 9.17) is 0 Å². The minimum absolute atomic E-state index is 0.227. The molecule has 1 aromatic carbocycles. The summed E-state index contributed by atoms with van der Waals surface area (Å²) in [5.41, 5.74) is 1.24. The molecule has 1 saturated carbocycles. The number of anilines is 1. The average Bonchev–Trinajstić information content (AvgIpc) is 3.54. The van der Waals surface area contributed by atoms with Crippen LogP contribution < -0.4 is 15.6 Å². The predicted octanol–water partition coefficient (Wildman–Crippen LogP) is 4.37. The smallest absolute Gasteiger partial charge is 0.481 e. The Morgan fingerprint density at radius 3 is 2.61 bits per heavy atom. The fraction of sp³-hybridized carbons (Fsp3) is 0.261. The van der Waals surface area contributed by atoms with Crippen LogP contribution in [0, 0.1) is 6.92 Å². The molecule has 0 bridgehead atoms. The summed E-state index contributed by atoms with van der Waals surface area (Å²) >= 11 is 0. The molecule has 3 aromatic rings. The van der Waals surface area contributed by atoms with Crippen molar-refractivity contribution < 1.29 is 27.8 Å². The third kappa shape index (κ3) is 4.84. The number of aromatic amines is 1. The molecule has 1 fully saturated rings. The van der Waals surface area contributed by atoms with Crippen LogP contribution in [0.1, 0.15) is 29.7 Å². The number of alkyl halides is 3. The number of pyridine rings is 2. The molecule has 2 heterocycles. The van der Waals surface area contributed by atoms with E-state index in [0.717, 1.165) is 0 Å². The molecule has 4 rings (SSSR count). The summed E-state index contributed by atoms with van der Waals surface area (Å²) in [4.78, 5) is 31.1. The van der Waals surface area contributed by atoms with Gasteiger partial charge in [0.05, 0.1) is 5.41 Å². The van der Waals surface area contributed by atoms with Gasteiger partial charge in [0.1, 0.15) is 11.6 Å². The molecule has 1 aliphatic rings. The van der Waals surface area contributed by atoms with Gasteiger partial charge >= 0.3 is 12.3 Å². The van der Waals surface area contributed by atoms with E-state index in [2.05, 4.69) is 20.0 Å². The lowest BCUT2D eigenvalue weighted by Crippen LogP contribution is -2.28. The van der Waals surface area contributed by atoms with Crippen molar-refractivity contribution in [3.63, 3.8) is 0 Å². The Morgan fingerprint density at radius 1 is 1.24 bits per heavy atom. The lowest BCUT2D eigenvalue weighted by molar-refractivity contribution is -0.274. The Bertz CT molecular complexity index is 1250. The number of aliphatic carboxylic acids is 1. The average molecular weight is 459 g/mol. The zero-order valence-corrected chi connectivity index (χ0v) is 17.5. The van der Waals surface area contributed by atoms with Gasteiger partial charge in [-0.25, -0.2) is 4.98 Å². The zero-order valence-electron chi connectivity index (χ0n) is 17.5. The Labute approximate surface area is 186 Å². The van der Waals surface area contributed by atoms with Crippen LogP contribution >= 0.6 is 0 Å². The van der Waals surface area contributed by atoms with Crippen LogP contribution in [0.2, 0.25) is 0 Å². The molecule has 0 radical (unpaired) electrons. The van der Waals surface area contributed by atoms with E-state index in [0.29, 0.717) is 41.0 Å². The van der Waals surface area contributed by atoms with E-state index in [1.807, 2.05) is 0 Å². The molecule has 3 N–H and O–H groups in total. The number of carboxylic acids is 1.